The topological polar surface area (TPSA) is 26.0 Å². The molecule has 50 valence electrons. The van der Waals surface area contributed by atoms with Crippen molar-refractivity contribution in [2.24, 2.45) is 0 Å². The zero-order chi connectivity index (χ0) is 5.98. The quantitative estimate of drug-likeness (QED) is 0.553. The predicted octanol–water partition coefficient (Wildman–Crippen LogP) is 2.00. The van der Waals surface area contributed by atoms with Crippen LogP contribution < -0.4 is 5.73 Å². The molecule has 0 aliphatic carbocycles. The van der Waals surface area contributed by atoms with Gasteiger partial charge < -0.3 is 5.73 Å². The fourth-order valence-electron chi connectivity index (χ4n) is 0.566. The molecule has 0 bridgehead atoms. The second kappa shape index (κ2) is 3.36. The summed E-state index contributed by atoms with van der Waals surface area (Å²) < 4.78 is 0. The van der Waals surface area contributed by atoms with Crippen LogP contribution in [0.4, 0.5) is 5.69 Å². The minimum absolute atomic E-state index is 0. The maximum atomic E-state index is 5.43. The largest absolute Gasteiger partial charge is 0.399 e. The summed E-state index contributed by atoms with van der Waals surface area (Å²) in [4.78, 5) is 0. The van der Waals surface area contributed by atoms with Crippen LogP contribution in [0.2, 0.25) is 0 Å². The van der Waals surface area contributed by atoms with Gasteiger partial charge >= 0.3 is 0 Å². The van der Waals surface area contributed by atoms with Gasteiger partial charge in [-0.25, -0.2) is 0 Å². The summed E-state index contributed by atoms with van der Waals surface area (Å²) in [6.07, 6.45) is 0. The average Bonchev–Trinajstić information content (AvgIpc) is 1.77. The van der Waals surface area contributed by atoms with Crippen LogP contribution in [0.1, 0.15) is 5.56 Å². The Morgan fingerprint density at radius 1 is 1.11 bits per heavy atom. The second-order valence-corrected chi connectivity index (χ2v) is 1.91. The van der Waals surface area contributed by atoms with Gasteiger partial charge in [-0.15, -0.1) is 12.4 Å². The number of benzene rings is 1. The molecule has 0 atom stereocenters. The number of nitrogens with two attached hydrogens (primary N) is 1. The molecular formula is C7H10ClN. The number of hydrogen-bond acceptors (Lipinski definition) is 1. The predicted molar refractivity (Wildman–Crippen MR) is 42.8 cm³/mol. The molecule has 2 N–H and O–H groups in total. The van der Waals surface area contributed by atoms with Gasteiger partial charge in [0, 0.05) is 5.69 Å². The smallest absolute Gasteiger partial charge is 0.0314 e. The molecule has 0 radical (unpaired) electrons. The monoisotopic (exact) mass is 143 g/mol. The van der Waals surface area contributed by atoms with Gasteiger partial charge in [-0.2, -0.15) is 0 Å². The lowest BCUT2D eigenvalue weighted by molar-refractivity contribution is 1.47. The third kappa shape index (κ3) is 2.38. The van der Waals surface area contributed by atoms with Gasteiger partial charge in [0.1, 0.15) is 0 Å². The van der Waals surface area contributed by atoms with Gasteiger partial charge in [0.2, 0.25) is 0 Å². The fourth-order valence-corrected chi connectivity index (χ4v) is 0.566. The minimum Gasteiger partial charge on any atom is -0.399 e. The van der Waals surface area contributed by atoms with Crippen molar-refractivity contribution in [2.75, 3.05) is 5.73 Å². The molecule has 0 saturated carbocycles. The van der Waals surface area contributed by atoms with E-state index in [9.17, 15) is 0 Å². The van der Waals surface area contributed by atoms with E-state index in [0.717, 1.165) is 5.69 Å². The first-order valence-electron chi connectivity index (χ1n) is 2.61. The van der Waals surface area contributed by atoms with Crippen molar-refractivity contribution in [3.63, 3.8) is 0 Å². The van der Waals surface area contributed by atoms with Crippen LogP contribution in [0.3, 0.4) is 0 Å². The van der Waals surface area contributed by atoms with Crippen LogP contribution in [0.5, 0.6) is 0 Å². The van der Waals surface area contributed by atoms with E-state index in [-0.39, 0.29) is 12.4 Å². The SMILES string of the molecule is Cc1ccc(N)cc1.Cl. The maximum absolute atomic E-state index is 5.43. The molecule has 0 unspecified atom stereocenters. The summed E-state index contributed by atoms with van der Waals surface area (Å²) in [6, 6.07) is 7.79. The van der Waals surface area contributed by atoms with Gasteiger partial charge in [-0.1, -0.05) is 17.7 Å². The lowest BCUT2D eigenvalue weighted by Gasteiger charge is -1.90. The van der Waals surface area contributed by atoms with Crippen LogP contribution in [0.15, 0.2) is 24.3 Å². The van der Waals surface area contributed by atoms with Crippen LogP contribution in [-0.2, 0) is 0 Å². The molecule has 0 fully saturated rings. The number of halogens is 1. The van der Waals surface area contributed by atoms with E-state index in [0.29, 0.717) is 0 Å². The molecular weight excluding hydrogens is 134 g/mol. The molecule has 0 aliphatic rings. The summed E-state index contributed by atoms with van der Waals surface area (Å²) >= 11 is 0. The first-order chi connectivity index (χ1) is 3.79. The highest BCUT2D eigenvalue weighted by atomic mass is 35.5. The van der Waals surface area contributed by atoms with Crippen molar-refractivity contribution in [1.82, 2.24) is 0 Å². The Labute approximate surface area is 61.3 Å². The highest BCUT2D eigenvalue weighted by Crippen LogP contribution is 2.02. The van der Waals surface area contributed by atoms with Crippen LogP contribution >= 0.6 is 12.4 Å². The Hall–Kier alpha value is -0.690. The molecule has 9 heavy (non-hydrogen) atoms. The summed E-state index contributed by atoms with van der Waals surface area (Å²) in [6.45, 7) is 2.04. The van der Waals surface area contributed by atoms with Gasteiger partial charge in [-0.3, -0.25) is 0 Å². The highest BCUT2D eigenvalue weighted by molar-refractivity contribution is 5.85. The van der Waals surface area contributed by atoms with Crippen LogP contribution in [-0.4, -0.2) is 0 Å². The highest BCUT2D eigenvalue weighted by Gasteiger charge is 1.80. The molecule has 0 amide bonds. The lowest BCUT2D eigenvalue weighted by atomic mass is 10.2. The number of anilines is 1. The van der Waals surface area contributed by atoms with E-state index in [2.05, 4.69) is 0 Å². The van der Waals surface area contributed by atoms with Crippen LogP contribution in [0, 0.1) is 6.92 Å². The molecule has 0 heterocycles. The normalized spacial score (nSPS) is 8.11. The van der Waals surface area contributed by atoms with E-state index in [1.807, 2.05) is 31.2 Å². The average molecular weight is 144 g/mol. The Balaban J connectivity index is 0.000000640. The van der Waals surface area contributed by atoms with E-state index in [1.54, 1.807) is 0 Å². The molecule has 1 aromatic carbocycles. The van der Waals surface area contributed by atoms with Gasteiger partial charge in [0.05, 0.1) is 0 Å². The van der Waals surface area contributed by atoms with Gasteiger partial charge in [-0.05, 0) is 19.1 Å². The van der Waals surface area contributed by atoms with E-state index < -0.39 is 0 Å². The third-order valence-corrected chi connectivity index (χ3v) is 1.08. The van der Waals surface area contributed by atoms with Crippen LogP contribution in [0.25, 0.3) is 0 Å². The Bertz CT molecular complexity index is 148. The van der Waals surface area contributed by atoms with Crippen molar-refractivity contribution in [1.29, 1.82) is 0 Å². The lowest BCUT2D eigenvalue weighted by Crippen LogP contribution is -1.81. The van der Waals surface area contributed by atoms with E-state index >= 15 is 0 Å². The zero-order valence-electron chi connectivity index (χ0n) is 5.29. The summed E-state index contributed by atoms with van der Waals surface area (Å²) in [5.74, 6) is 0. The second-order valence-electron chi connectivity index (χ2n) is 1.91. The standard InChI is InChI=1S/C7H9N.ClH/c1-6-2-4-7(8)5-3-6;/h2-5H,8H2,1H3;1H. The third-order valence-electron chi connectivity index (χ3n) is 1.08. The zero-order valence-corrected chi connectivity index (χ0v) is 6.11. The van der Waals surface area contributed by atoms with Crippen molar-refractivity contribution in [2.45, 2.75) is 6.92 Å². The first kappa shape index (κ1) is 8.31. The number of hydrogen-bond donors (Lipinski definition) is 1. The van der Waals surface area contributed by atoms with Crippen molar-refractivity contribution < 1.29 is 0 Å². The molecule has 2 heteroatoms. The van der Waals surface area contributed by atoms with Gasteiger partial charge in [0.15, 0.2) is 0 Å². The van der Waals surface area contributed by atoms with Gasteiger partial charge in [0.25, 0.3) is 0 Å². The number of aryl methyl sites for hydroxylation is 1. The molecule has 0 spiro atoms. The van der Waals surface area contributed by atoms with Crippen molar-refractivity contribution >= 4 is 18.1 Å². The van der Waals surface area contributed by atoms with Crippen molar-refractivity contribution in [3.05, 3.63) is 29.8 Å². The van der Waals surface area contributed by atoms with Crippen molar-refractivity contribution in [3.8, 4) is 0 Å². The molecule has 0 saturated heterocycles. The number of rotatable bonds is 0. The number of nitrogen functional groups attached to an aromatic ring is 1. The molecule has 1 rings (SSSR count). The Morgan fingerprint density at radius 3 is 1.89 bits per heavy atom. The Morgan fingerprint density at radius 2 is 1.56 bits per heavy atom. The first-order valence-corrected chi connectivity index (χ1v) is 2.61. The molecule has 0 aromatic heterocycles. The molecule has 1 nitrogen and oxygen atoms in total. The summed E-state index contributed by atoms with van der Waals surface area (Å²) in [5, 5.41) is 0. The van der Waals surface area contributed by atoms with E-state index in [4.69, 9.17) is 5.73 Å². The summed E-state index contributed by atoms with van der Waals surface area (Å²) in [7, 11) is 0. The van der Waals surface area contributed by atoms with E-state index in [1.165, 1.54) is 5.56 Å². The fraction of sp³-hybridized carbons (Fsp3) is 0.143. The Kier molecular flexibility index (Phi) is 3.10. The maximum Gasteiger partial charge on any atom is 0.0314 e. The summed E-state index contributed by atoms with van der Waals surface area (Å²) in [5.41, 5.74) is 7.51. The molecule has 0 aliphatic heterocycles. The minimum atomic E-state index is 0. The molecule has 1 aromatic rings.